The third kappa shape index (κ3) is 5.22. The van der Waals surface area contributed by atoms with Crippen LogP contribution in [0, 0.1) is 5.92 Å². The molecule has 1 aromatic carbocycles. The molecule has 4 nitrogen and oxygen atoms in total. The van der Waals surface area contributed by atoms with Crippen molar-refractivity contribution in [2.75, 3.05) is 13.1 Å². The predicted molar refractivity (Wildman–Crippen MR) is 92.6 cm³/mol. The molecule has 7 heteroatoms. The Morgan fingerprint density at radius 2 is 1.77 bits per heavy atom. The number of benzene rings is 1. The Kier molecular flexibility index (Phi) is 6.67. The van der Waals surface area contributed by atoms with Crippen molar-refractivity contribution in [1.29, 1.82) is 0 Å². The van der Waals surface area contributed by atoms with Crippen LogP contribution in [0.4, 0.5) is 13.2 Å². The number of hydrogen-bond donors (Lipinski definition) is 1. The Morgan fingerprint density at radius 1 is 1.19 bits per heavy atom. The zero-order valence-electron chi connectivity index (χ0n) is 15.1. The average molecular weight is 370 g/mol. The minimum atomic E-state index is -4.41. The smallest absolute Gasteiger partial charge is 0.353 e. The summed E-state index contributed by atoms with van der Waals surface area (Å²) in [6.07, 6.45) is -1.35. The van der Waals surface area contributed by atoms with E-state index in [1.807, 2.05) is 6.92 Å². The Morgan fingerprint density at radius 3 is 2.27 bits per heavy atom. The molecule has 1 saturated heterocycles. The number of piperidine rings is 1. The van der Waals surface area contributed by atoms with Crippen molar-refractivity contribution in [2.24, 2.45) is 5.92 Å². The summed E-state index contributed by atoms with van der Waals surface area (Å²) in [5.41, 5.74) is -0.539. The van der Waals surface area contributed by atoms with Gasteiger partial charge in [0, 0.05) is 30.6 Å². The molecule has 1 aliphatic rings. The molecule has 1 heterocycles. The number of rotatable bonds is 5. The van der Waals surface area contributed by atoms with Gasteiger partial charge in [0.25, 0.3) is 5.91 Å². The Bertz CT molecular complexity index is 621. The van der Waals surface area contributed by atoms with Crippen LogP contribution in [0.15, 0.2) is 24.3 Å². The summed E-state index contributed by atoms with van der Waals surface area (Å²) < 4.78 is 37.8. The van der Waals surface area contributed by atoms with Crippen molar-refractivity contribution < 1.29 is 22.8 Å². The highest BCUT2D eigenvalue weighted by Gasteiger charge is 2.31. The molecule has 1 atom stereocenters. The molecule has 26 heavy (non-hydrogen) atoms. The minimum Gasteiger partial charge on any atom is -0.353 e. The van der Waals surface area contributed by atoms with Gasteiger partial charge in [-0.2, -0.15) is 13.2 Å². The summed E-state index contributed by atoms with van der Waals surface area (Å²) in [5.74, 6) is -0.393. The quantitative estimate of drug-likeness (QED) is 0.856. The second-order valence-corrected chi connectivity index (χ2v) is 6.84. The monoisotopic (exact) mass is 370 g/mol. The van der Waals surface area contributed by atoms with Gasteiger partial charge in [-0.3, -0.25) is 9.59 Å². The van der Waals surface area contributed by atoms with Gasteiger partial charge in [-0.05, 0) is 50.5 Å². The molecule has 0 aliphatic carbocycles. The fourth-order valence-electron chi connectivity index (χ4n) is 3.20. The number of amides is 2. The van der Waals surface area contributed by atoms with E-state index in [0.717, 1.165) is 25.0 Å². The number of halogens is 3. The standard InChI is InChI=1S/C19H25F3N2O2/c1-3-4-13(2)23-17(25)14-9-11-24(12-10-14)18(26)15-5-7-16(8-6-15)19(20,21)22/h5-8,13-14H,3-4,9-12H2,1-2H3,(H,23,25)/t13-/m0/s1. The normalized spacial score (nSPS) is 17.0. The van der Waals surface area contributed by atoms with E-state index in [4.69, 9.17) is 0 Å². The molecule has 2 rings (SSSR count). The highest BCUT2D eigenvalue weighted by Crippen LogP contribution is 2.29. The van der Waals surface area contributed by atoms with Crippen LogP contribution in [0.3, 0.4) is 0 Å². The fourth-order valence-corrected chi connectivity index (χ4v) is 3.20. The SMILES string of the molecule is CCC[C@H](C)NC(=O)C1CCN(C(=O)c2ccc(C(F)(F)F)cc2)CC1. The van der Waals surface area contributed by atoms with Gasteiger partial charge in [-0.25, -0.2) is 0 Å². The number of hydrogen-bond acceptors (Lipinski definition) is 2. The molecule has 0 aromatic heterocycles. The zero-order valence-corrected chi connectivity index (χ0v) is 15.1. The van der Waals surface area contributed by atoms with E-state index in [-0.39, 0.29) is 29.3 Å². The van der Waals surface area contributed by atoms with E-state index >= 15 is 0 Å². The van der Waals surface area contributed by atoms with Crippen LogP contribution in [0.25, 0.3) is 0 Å². The van der Waals surface area contributed by atoms with Crippen molar-refractivity contribution >= 4 is 11.8 Å². The Labute approximate surface area is 151 Å². The van der Waals surface area contributed by atoms with Crippen molar-refractivity contribution in [3.63, 3.8) is 0 Å². The molecule has 1 fully saturated rings. The molecule has 0 saturated carbocycles. The lowest BCUT2D eigenvalue weighted by Gasteiger charge is -2.32. The maximum absolute atomic E-state index is 12.6. The maximum atomic E-state index is 12.6. The minimum absolute atomic E-state index is 0.0209. The van der Waals surface area contributed by atoms with Crippen molar-refractivity contribution in [3.05, 3.63) is 35.4 Å². The van der Waals surface area contributed by atoms with Crippen LogP contribution in [-0.4, -0.2) is 35.8 Å². The van der Waals surface area contributed by atoms with Crippen LogP contribution < -0.4 is 5.32 Å². The third-order valence-corrected chi connectivity index (χ3v) is 4.72. The highest BCUT2D eigenvalue weighted by molar-refractivity contribution is 5.94. The average Bonchev–Trinajstić information content (AvgIpc) is 2.60. The molecule has 0 bridgehead atoms. The van der Waals surface area contributed by atoms with E-state index < -0.39 is 11.7 Å². The van der Waals surface area contributed by atoms with Gasteiger partial charge in [0.05, 0.1) is 5.56 Å². The Balaban J connectivity index is 1.89. The summed E-state index contributed by atoms with van der Waals surface area (Å²) in [7, 11) is 0. The zero-order chi connectivity index (χ0) is 19.3. The summed E-state index contributed by atoms with van der Waals surface area (Å²) >= 11 is 0. The van der Waals surface area contributed by atoms with Crippen molar-refractivity contribution in [1.82, 2.24) is 10.2 Å². The van der Waals surface area contributed by atoms with E-state index in [2.05, 4.69) is 12.2 Å². The third-order valence-electron chi connectivity index (χ3n) is 4.72. The van der Waals surface area contributed by atoms with Crippen molar-refractivity contribution in [2.45, 2.75) is 51.7 Å². The van der Waals surface area contributed by atoms with E-state index in [1.165, 1.54) is 12.1 Å². The van der Waals surface area contributed by atoms with Gasteiger partial charge in [0.15, 0.2) is 0 Å². The molecule has 144 valence electrons. The van der Waals surface area contributed by atoms with Crippen LogP contribution in [0.1, 0.15) is 55.5 Å². The van der Waals surface area contributed by atoms with Crippen LogP contribution in [0.2, 0.25) is 0 Å². The van der Waals surface area contributed by atoms with Gasteiger partial charge in [0.1, 0.15) is 0 Å². The predicted octanol–water partition coefficient (Wildman–Crippen LogP) is 3.86. The summed E-state index contributed by atoms with van der Waals surface area (Å²) in [6.45, 7) is 4.90. The van der Waals surface area contributed by atoms with Gasteiger partial charge in [-0.1, -0.05) is 13.3 Å². The topological polar surface area (TPSA) is 49.4 Å². The number of alkyl halides is 3. The number of carbonyl (C=O) groups excluding carboxylic acids is 2. The van der Waals surface area contributed by atoms with Gasteiger partial charge in [-0.15, -0.1) is 0 Å². The molecule has 0 radical (unpaired) electrons. The number of nitrogens with zero attached hydrogens (tertiary/aromatic N) is 1. The Hall–Kier alpha value is -2.05. The first-order valence-electron chi connectivity index (χ1n) is 8.99. The van der Waals surface area contributed by atoms with Gasteiger partial charge in [0.2, 0.25) is 5.91 Å². The molecule has 2 amide bonds. The van der Waals surface area contributed by atoms with Gasteiger partial charge < -0.3 is 10.2 Å². The first-order chi connectivity index (χ1) is 12.2. The molecular formula is C19H25F3N2O2. The molecular weight excluding hydrogens is 345 g/mol. The molecule has 1 aromatic rings. The van der Waals surface area contributed by atoms with Crippen molar-refractivity contribution in [3.8, 4) is 0 Å². The number of carbonyl (C=O) groups is 2. The lowest BCUT2D eigenvalue weighted by molar-refractivity contribution is -0.137. The van der Waals surface area contributed by atoms with E-state index in [0.29, 0.717) is 25.9 Å². The van der Waals surface area contributed by atoms with Crippen LogP contribution in [-0.2, 0) is 11.0 Å². The summed E-state index contributed by atoms with van der Waals surface area (Å²) in [4.78, 5) is 26.3. The fraction of sp³-hybridized carbons (Fsp3) is 0.579. The van der Waals surface area contributed by atoms with Gasteiger partial charge >= 0.3 is 6.18 Å². The summed E-state index contributed by atoms with van der Waals surface area (Å²) in [5, 5.41) is 3.00. The second-order valence-electron chi connectivity index (χ2n) is 6.84. The highest BCUT2D eigenvalue weighted by atomic mass is 19.4. The molecule has 0 unspecified atom stereocenters. The lowest BCUT2D eigenvalue weighted by Crippen LogP contribution is -2.44. The molecule has 1 N–H and O–H groups in total. The van der Waals surface area contributed by atoms with E-state index in [1.54, 1.807) is 4.90 Å². The number of nitrogens with one attached hydrogen (secondary N) is 1. The first-order valence-corrected chi connectivity index (χ1v) is 8.99. The molecule has 0 spiro atoms. The largest absolute Gasteiger partial charge is 0.416 e. The number of likely N-dealkylation sites (tertiary alicyclic amines) is 1. The molecule has 1 aliphatic heterocycles. The first kappa shape index (κ1) is 20.3. The van der Waals surface area contributed by atoms with E-state index in [9.17, 15) is 22.8 Å². The second kappa shape index (κ2) is 8.56. The van der Waals surface area contributed by atoms with Crippen LogP contribution in [0.5, 0.6) is 0 Å². The van der Waals surface area contributed by atoms with Crippen LogP contribution >= 0.6 is 0 Å². The summed E-state index contributed by atoms with van der Waals surface area (Å²) in [6, 6.07) is 4.39. The maximum Gasteiger partial charge on any atom is 0.416 e. The lowest BCUT2D eigenvalue weighted by atomic mass is 9.95.